The van der Waals surface area contributed by atoms with E-state index in [9.17, 15) is 9.90 Å². The number of aliphatic hydroxyl groups excluding tert-OH is 1. The van der Waals surface area contributed by atoms with Crippen LogP contribution in [0.3, 0.4) is 0 Å². The van der Waals surface area contributed by atoms with E-state index < -0.39 is 12.1 Å². The lowest BCUT2D eigenvalue weighted by atomic mass is 10.1. The molecule has 0 saturated heterocycles. The van der Waals surface area contributed by atoms with E-state index in [1.807, 2.05) is 18.2 Å². The maximum Gasteiger partial charge on any atom is 0.344 e. The van der Waals surface area contributed by atoms with Crippen LogP contribution in [0.15, 0.2) is 40.7 Å². The van der Waals surface area contributed by atoms with Crippen LogP contribution in [0.5, 0.6) is 0 Å². The minimum atomic E-state index is -0.662. The second kappa shape index (κ2) is 6.84. The van der Waals surface area contributed by atoms with Crippen molar-refractivity contribution in [3.05, 3.63) is 41.4 Å². The van der Waals surface area contributed by atoms with Crippen molar-refractivity contribution in [2.75, 3.05) is 6.54 Å². The number of rotatable bonds is 6. The summed E-state index contributed by atoms with van der Waals surface area (Å²) in [6.45, 7) is 2.71. The molecule has 0 amide bonds. The molecule has 1 aliphatic heterocycles. The largest absolute Gasteiger partial charge is 0.507 e. The first-order valence-corrected chi connectivity index (χ1v) is 6.76. The maximum atomic E-state index is 11.7. The van der Waals surface area contributed by atoms with Gasteiger partial charge >= 0.3 is 5.97 Å². The van der Waals surface area contributed by atoms with Crippen LogP contribution in [-0.2, 0) is 16.0 Å². The summed E-state index contributed by atoms with van der Waals surface area (Å²) in [4.78, 5) is 20.0. The molecule has 1 aromatic heterocycles. The minimum absolute atomic E-state index is 0.0547. The van der Waals surface area contributed by atoms with E-state index in [2.05, 4.69) is 16.9 Å². The summed E-state index contributed by atoms with van der Waals surface area (Å²) in [6, 6.07) is 5.49. The van der Waals surface area contributed by atoms with Crippen molar-refractivity contribution in [2.24, 2.45) is 4.99 Å². The Balaban J connectivity index is 2.04. The van der Waals surface area contributed by atoms with Gasteiger partial charge in [0.25, 0.3) is 0 Å². The number of hydrogen-bond acceptors (Lipinski definition) is 5. The predicted molar refractivity (Wildman–Crippen MR) is 75.7 cm³/mol. The summed E-state index contributed by atoms with van der Waals surface area (Å²) in [7, 11) is 0. The van der Waals surface area contributed by atoms with Gasteiger partial charge in [-0.15, -0.1) is 0 Å². The molecule has 0 aliphatic carbocycles. The van der Waals surface area contributed by atoms with Crippen LogP contribution in [0.1, 0.15) is 25.5 Å². The quantitative estimate of drug-likeness (QED) is 0.490. The molecule has 106 valence electrons. The molecule has 0 saturated carbocycles. The van der Waals surface area contributed by atoms with E-state index >= 15 is 0 Å². The molecule has 20 heavy (non-hydrogen) atoms. The van der Waals surface area contributed by atoms with E-state index in [0.717, 1.165) is 18.5 Å². The van der Waals surface area contributed by atoms with E-state index in [1.54, 1.807) is 6.20 Å². The number of aromatic nitrogens is 1. The predicted octanol–water partition coefficient (Wildman–Crippen LogP) is 2.23. The zero-order valence-corrected chi connectivity index (χ0v) is 11.5. The number of unbranched alkanes of at least 4 members (excludes halogenated alkanes) is 1. The highest BCUT2D eigenvalue weighted by Crippen LogP contribution is 2.22. The fraction of sp³-hybridized carbons (Fsp3) is 0.400. The Morgan fingerprint density at radius 1 is 1.50 bits per heavy atom. The summed E-state index contributed by atoms with van der Waals surface area (Å²) in [6.07, 6.45) is 4.77. The summed E-state index contributed by atoms with van der Waals surface area (Å²) >= 11 is 0. The SMILES string of the molecule is CCCCN=CC1=C(O)C(Cc2ccccn2)OC1=O. The molecule has 0 fully saturated rings. The molecule has 0 spiro atoms. The molecular formula is C15H18N2O3. The Morgan fingerprint density at radius 3 is 3.05 bits per heavy atom. The lowest BCUT2D eigenvalue weighted by Crippen LogP contribution is -2.15. The number of aliphatic imine (C=N–C) groups is 1. The van der Waals surface area contributed by atoms with Crippen LogP contribution >= 0.6 is 0 Å². The van der Waals surface area contributed by atoms with E-state index in [4.69, 9.17) is 4.74 Å². The number of nitrogens with zero attached hydrogens (tertiary/aromatic N) is 2. The Labute approximate surface area is 118 Å². The normalized spacial score (nSPS) is 18.9. The first-order valence-electron chi connectivity index (χ1n) is 6.76. The molecule has 2 heterocycles. The van der Waals surface area contributed by atoms with Gasteiger partial charge < -0.3 is 9.84 Å². The van der Waals surface area contributed by atoms with Gasteiger partial charge in [0.2, 0.25) is 0 Å². The second-order valence-corrected chi connectivity index (χ2v) is 4.61. The molecule has 0 aromatic carbocycles. The molecule has 5 heteroatoms. The third kappa shape index (κ3) is 3.44. The van der Waals surface area contributed by atoms with Gasteiger partial charge in [0.15, 0.2) is 6.10 Å². The highest BCUT2D eigenvalue weighted by atomic mass is 16.6. The van der Waals surface area contributed by atoms with Gasteiger partial charge in [0.1, 0.15) is 11.3 Å². The number of ether oxygens (including phenoxy) is 1. The Bertz CT molecular complexity index is 523. The Morgan fingerprint density at radius 2 is 2.35 bits per heavy atom. The van der Waals surface area contributed by atoms with Gasteiger partial charge in [0, 0.05) is 31.1 Å². The fourth-order valence-electron chi connectivity index (χ4n) is 1.90. The molecule has 1 atom stereocenters. The summed E-state index contributed by atoms with van der Waals surface area (Å²) < 4.78 is 5.15. The summed E-state index contributed by atoms with van der Waals surface area (Å²) in [5.74, 6) is -0.579. The second-order valence-electron chi connectivity index (χ2n) is 4.61. The number of pyridine rings is 1. The number of hydrogen-bond donors (Lipinski definition) is 1. The Hall–Kier alpha value is -2.17. The number of esters is 1. The van der Waals surface area contributed by atoms with Crippen molar-refractivity contribution >= 4 is 12.2 Å². The summed E-state index contributed by atoms with van der Waals surface area (Å²) in [5.41, 5.74) is 0.919. The van der Waals surface area contributed by atoms with Crippen LogP contribution in [0.2, 0.25) is 0 Å². The zero-order valence-electron chi connectivity index (χ0n) is 11.5. The average molecular weight is 274 g/mol. The van der Waals surface area contributed by atoms with Gasteiger partial charge in [-0.05, 0) is 18.6 Å². The Kier molecular flexibility index (Phi) is 4.87. The van der Waals surface area contributed by atoms with Gasteiger partial charge in [-0.3, -0.25) is 9.98 Å². The van der Waals surface area contributed by atoms with Crippen LogP contribution in [0, 0.1) is 0 Å². The highest BCUT2D eigenvalue weighted by Gasteiger charge is 2.33. The molecular weight excluding hydrogens is 256 g/mol. The van der Waals surface area contributed by atoms with Crippen molar-refractivity contribution in [1.82, 2.24) is 4.98 Å². The smallest absolute Gasteiger partial charge is 0.344 e. The monoisotopic (exact) mass is 274 g/mol. The standard InChI is InChI=1S/C15H18N2O3/c1-2-3-7-16-10-12-14(18)13(20-15(12)19)9-11-6-4-5-8-17-11/h4-6,8,10,13,18H,2-3,7,9H2,1H3. The third-order valence-electron chi connectivity index (χ3n) is 3.03. The molecule has 2 rings (SSSR count). The number of carbonyl (C=O) groups excluding carboxylic acids is 1. The fourth-order valence-corrected chi connectivity index (χ4v) is 1.90. The summed E-state index contributed by atoms with van der Waals surface area (Å²) in [5, 5.41) is 10.1. The highest BCUT2D eigenvalue weighted by molar-refractivity contribution is 6.11. The topological polar surface area (TPSA) is 71.8 Å². The molecule has 1 aromatic rings. The molecule has 0 radical (unpaired) electrons. The number of aliphatic hydroxyl groups is 1. The van der Waals surface area contributed by atoms with Crippen molar-refractivity contribution in [3.8, 4) is 0 Å². The molecule has 1 N–H and O–H groups in total. The van der Waals surface area contributed by atoms with Crippen molar-refractivity contribution in [2.45, 2.75) is 32.3 Å². The molecule has 1 aliphatic rings. The van der Waals surface area contributed by atoms with Gasteiger partial charge in [-0.1, -0.05) is 19.4 Å². The van der Waals surface area contributed by atoms with E-state index in [-0.39, 0.29) is 11.3 Å². The maximum absolute atomic E-state index is 11.7. The molecule has 5 nitrogen and oxygen atoms in total. The van der Waals surface area contributed by atoms with Crippen LogP contribution < -0.4 is 0 Å². The molecule has 1 unspecified atom stereocenters. The van der Waals surface area contributed by atoms with Gasteiger partial charge in [-0.2, -0.15) is 0 Å². The van der Waals surface area contributed by atoms with E-state index in [0.29, 0.717) is 13.0 Å². The van der Waals surface area contributed by atoms with Crippen LogP contribution in [0.25, 0.3) is 0 Å². The minimum Gasteiger partial charge on any atom is -0.507 e. The lowest BCUT2D eigenvalue weighted by Gasteiger charge is -2.08. The number of cyclic esters (lactones) is 1. The first-order chi connectivity index (χ1) is 9.72. The van der Waals surface area contributed by atoms with Gasteiger partial charge in [0.05, 0.1) is 0 Å². The van der Waals surface area contributed by atoms with Crippen molar-refractivity contribution < 1.29 is 14.6 Å². The average Bonchev–Trinajstić information content (AvgIpc) is 2.72. The third-order valence-corrected chi connectivity index (χ3v) is 3.03. The molecule has 0 bridgehead atoms. The lowest BCUT2D eigenvalue weighted by molar-refractivity contribution is -0.139. The van der Waals surface area contributed by atoms with Crippen LogP contribution in [-0.4, -0.2) is 34.9 Å². The first kappa shape index (κ1) is 14.2. The number of carbonyl (C=O) groups is 1. The van der Waals surface area contributed by atoms with E-state index in [1.165, 1.54) is 6.21 Å². The van der Waals surface area contributed by atoms with Crippen LogP contribution in [0.4, 0.5) is 0 Å². The zero-order chi connectivity index (χ0) is 14.4. The van der Waals surface area contributed by atoms with Gasteiger partial charge in [-0.25, -0.2) is 4.79 Å². The van der Waals surface area contributed by atoms with Crippen molar-refractivity contribution in [1.29, 1.82) is 0 Å². The van der Waals surface area contributed by atoms with Crippen molar-refractivity contribution in [3.63, 3.8) is 0 Å².